The summed E-state index contributed by atoms with van der Waals surface area (Å²) >= 11 is 0. The van der Waals surface area contributed by atoms with Crippen molar-refractivity contribution in [2.24, 2.45) is 0 Å². The monoisotopic (exact) mass is 1230 g/mol. The number of esters is 2. The van der Waals surface area contributed by atoms with Gasteiger partial charge in [-0.2, -0.15) is 0 Å². The Labute approximate surface area is 553 Å². The van der Waals surface area contributed by atoms with Crippen molar-refractivity contribution in [3.63, 3.8) is 0 Å². The van der Waals surface area contributed by atoms with Gasteiger partial charge in [0.2, 0.25) is 0 Å². The standard InChI is InChI=1S/C85H128O5/c1-3-5-7-9-11-13-15-17-19-21-23-25-27-29-31-33-35-37-39-40-41-42-43-44-46-48-50-52-54-56-58-60-62-64-66-68-70-72-74-76-78-80-85(88)90-83(81-86)82-89-84(87)79-77-75-73-71-69-67-65-63-61-59-57-55-53-51-49-47-45-38-36-34-32-30-28-26-24-22-20-18-16-14-12-10-8-6-4-2/h5-8,11-14,17-20,23-26,29-32,35-38,40-41,43-44,47-50,53-56,60,62,66,68,83,86H,3-4,9-10,15-16,21-22,27-28,33-34,39,42,45-46,51-52,57-59,61,63-65,67,69-82H2,1-2H3/b7-5-,8-6-,13-11-,14-12-,19-17-,20-18-,25-23-,26-24-,31-29-,32-30-,37-35-,38-36-,41-40-,44-43-,49-47-,50-48-,55-53-,56-54-,62-60-,68-66-. The van der Waals surface area contributed by atoms with E-state index in [1.807, 2.05) is 0 Å². The third kappa shape index (κ3) is 74.2. The molecular weight excluding hydrogens is 1100 g/mol. The fraction of sp³-hybridized carbons (Fsp3) is 0.506. The van der Waals surface area contributed by atoms with Gasteiger partial charge in [0.1, 0.15) is 6.61 Å². The highest BCUT2D eigenvalue weighted by Gasteiger charge is 2.16. The molecular formula is C85H128O5. The minimum absolute atomic E-state index is 0.0946. The Hall–Kier alpha value is -6.30. The summed E-state index contributed by atoms with van der Waals surface area (Å²) in [5.74, 6) is -0.642. The number of carbonyl (C=O) groups excluding carboxylic acids is 2. The van der Waals surface area contributed by atoms with Gasteiger partial charge in [-0.25, -0.2) is 0 Å². The van der Waals surface area contributed by atoms with E-state index in [2.05, 4.69) is 257 Å². The summed E-state index contributed by atoms with van der Waals surface area (Å²) in [7, 11) is 0. The molecule has 0 aromatic carbocycles. The van der Waals surface area contributed by atoms with Gasteiger partial charge < -0.3 is 14.6 Å². The second-order valence-electron chi connectivity index (χ2n) is 22.5. The second kappa shape index (κ2) is 76.9. The van der Waals surface area contributed by atoms with Gasteiger partial charge >= 0.3 is 11.9 Å². The van der Waals surface area contributed by atoms with Crippen molar-refractivity contribution in [3.05, 3.63) is 243 Å². The smallest absolute Gasteiger partial charge is 0.306 e. The van der Waals surface area contributed by atoms with Crippen molar-refractivity contribution in [3.8, 4) is 0 Å². The molecule has 5 heteroatoms. The van der Waals surface area contributed by atoms with E-state index in [1.165, 1.54) is 51.4 Å². The van der Waals surface area contributed by atoms with Crippen LogP contribution in [0, 0.1) is 0 Å². The Morgan fingerprint density at radius 1 is 0.256 bits per heavy atom. The van der Waals surface area contributed by atoms with Gasteiger partial charge in [0, 0.05) is 12.8 Å². The third-order valence-corrected chi connectivity index (χ3v) is 14.1. The zero-order valence-corrected chi connectivity index (χ0v) is 57.0. The molecule has 0 bridgehead atoms. The number of aliphatic hydroxyl groups is 1. The third-order valence-electron chi connectivity index (χ3n) is 14.1. The topological polar surface area (TPSA) is 72.8 Å². The van der Waals surface area contributed by atoms with Crippen molar-refractivity contribution >= 4 is 11.9 Å². The minimum atomic E-state index is -0.809. The van der Waals surface area contributed by atoms with E-state index in [9.17, 15) is 14.7 Å². The Morgan fingerprint density at radius 3 is 0.667 bits per heavy atom. The average Bonchev–Trinajstić information content (AvgIpc) is 3.60. The van der Waals surface area contributed by atoms with Gasteiger partial charge in [0.05, 0.1) is 6.61 Å². The Bertz CT molecular complexity index is 2230. The largest absolute Gasteiger partial charge is 0.462 e. The lowest BCUT2D eigenvalue weighted by atomic mass is 10.1. The van der Waals surface area contributed by atoms with E-state index in [1.54, 1.807) is 0 Å². The number of hydrogen-bond acceptors (Lipinski definition) is 5. The van der Waals surface area contributed by atoms with Crippen LogP contribution >= 0.6 is 0 Å². The molecule has 0 saturated heterocycles. The van der Waals surface area contributed by atoms with Crippen molar-refractivity contribution < 1.29 is 24.2 Å². The summed E-state index contributed by atoms with van der Waals surface area (Å²) in [5.41, 5.74) is 0. The van der Waals surface area contributed by atoms with Crippen LogP contribution in [0.3, 0.4) is 0 Å². The lowest BCUT2D eigenvalue weighted by Crippen LogP contribution is -2.28. The lowest BCUT2D eigenvalue weighted by Gasteiger charge is -2.15. The maximum absolute atomic E-state index is 12.4. The highest BCUT2D eigenvalue weighted by molar-refractivity contribution is 5.70. The summed E-state index contributed by atoms with van der Waals surface area (Å²) < 4.78 is 10.7. The van der Waals surface area contributed by atoms with Crippen LogP contribution in [-0.2, 0) is 19.1 Å². The molecule has 0 radical (unpaired) electrons. The molecule has 90 heavy (non-hydrogen) atoms. The van der Waals surface area contributed by atoms with Crippen LogP contribution < -0.4 is 0 Å². The molecule has 0 amide bonds. The predicted molar refractivity (Wildman–Crippen MR) is 398 cm³/mol. The van der Waals surface area contributed by atoms with Crippen LogP contribution in [-0.4, -0.2) is 36.4 Å². The number of rotatable bonds is 62. The molecule has 1 N–H and O–H groups in total. The fourth-order valence-electron chi connectivity index (χ4n) is 8.91. The van der Waals surface area contributed by atoms with Crippen molar-refractivity contribution in [1.82, 2.24) is 0 Å². The van der Waals surface area contributed by atoms with Crippen molar-refractivity contribution in [2.45, 2.75) is 264 Å². The molecule has 0 aliphatic rings. The van der Waals surface area contributed by atoms with E-state index >= 15 is 0 Å². The van der Waals surface area contributed by atoms with Crippen molar-refractivity contribution in [2.75, 3.05) is 13.2 Å². The number of carbonyl (C=O) groups is 2. The van der Waals surface area contributed by atoms with Crippen LogP contribution in [0.2, 0.25) is 0 Å². The first-order chi connectivity index (χ1) is 44.6. The molecule has 498 valence electrons. The van der Waals surface area contributed by atoms with E-state index in [0.29, 0.717) is 12.8 Å². The Balaban J connectivity index is 3.67. The second-order valence-corrected chi connectivity index (χ2v) is 22.5. The SMILES string of the molecule is CC/C=C\C/C=C\C/C=C\C/C=C\C/C=C\C/C=C\C/C=C\C/C=C\C/C=C\C/C=C\C/C=C\C/C=C\CCCCCCC(=O)OC(CO)COC(=O)CCCCCCCCCCCC/C=C\C/C=C\C/C=C\C/C=C\C/C=C\C/C=C\C/C=C\C/C=C\CC. The summed E-state index contributed by atoms with van der Waals surface area (Å²) in [6, 6.07) is 0. The zero-order chi connectivity index (χ0) is 64.7. The summed E-state index contributed by atoms with van der Waals surface area (Å²) in [5, 5.41) is 9.70. The number of unbranched alkanes of at least 4 members (excludes halogenated alkanes) is 14. The number of aliphatic hydroxyl groups excluding tert-OH is 1. The molecule has 1 atom stereocenters. The van der Waals surface area contributed by atoms with E-state index < -0.39 is 6.10 Å². The van der Waals surface area contributed by atoms with E-state index in [-0.39, 0.29) is 25.2 Å². The molecule has 0 aliphatic carbocycles. The summed E-state index contributed by atoms with van der Waals surface area (Å²) in [4.78, 5) is 24.7. The molecule has 5 nitrogen and oxygen atoms in total. The number of allylic oxidation sites excluding steroid dienone is 40. The van der Waals surface area contributed by atoms with Crippen LogP contribution in [0.1, 0.15) is 258 Å². The molecule has 0 aromatic heterocycles. The van der Waals surface area contributed by atoms with Crippen molar-refractivity contribution in [1.29, 1.82) is 0 Å². The van der Waals surface area contributed by atoms with E-state index in [0.717, 1.165) is 180 Å². The normalized spacial score (nSPS) is 13.8. The molecule has 0 aliphatic heterocycles. The number of hydrogen-bond donors (Lipinski definition) is 1. The van der Waals surface area contributed by atoms with Gasteiger partial charge in [0.15, 0.2) is 6.10 Å². The maximum Gasteiger partial charge on any atom is 0.306 e. The molecule has 0 rings (SSSR count). The molecule has 0 saturated carbocycles. The molecule has 1 unspecified atom stereocenters. The molecule has 0 fully saturated rings. The first-order valence-corrected chi connectivity index (χ1v) is 35.6. The Kier molecular flexibility index (Phi) is 71.6. The van der Waals surface area contributed by atoms with Gasteiger partial charge in [-0.3, -0.25) is 9.59 Å². The lowest BCUT2D eigenvalue weighted by molar-refractivity contribution is -0.161. The number of ether oxygens (including phenoxy) is 2. The minimum Gasteiger partial charge on any atom is -0.462 e. The molecule has 0 spiro atoms. The maximum atomic E-state index is 12.4. The Morgan fingerprint density at radius 2 is 0.444 bits per heavy atom. The predicted octanol–water partition coefficient (Wildman–Crippen LogP) is 25.4. The van der Waals surface area contributed by atoms with Crippen LogP contribution in [0.4, 0.5) is 0 Å². The first kappa shape index (κ1) is 83.7. The molecule has 0 aromatic rings. The summed E-state index contributed by atoms with van der Waals surface area (Å²) in [6.45, 7) is 3.87. The van der Waals surface area contributed by atoms with Crippen LogP contribution in [0.15, 0.2) is 243 Å². The highest BCUT2D eigenvalue weighted by atomic mass is 16.6. The van der Waals surface area contributed by atoms with Crippen LogP contribution in [0.25, 0.3) is 0 Å². The van der Waals surface area contributed by atoms with Crippen LogP contribution in [0.5, 0.6) is 0 Å². The summed E-state index contributed by atoms with van der Waals surface area (Å²) in [6.07, 6.45) is 127. The molecule has 0 heterocycles. The fourth-order valence-corrected chi connectivity index (χ4v) is 8.91. The van der Waals surface area contributed by atoms with E-state index in [4.69, 9.17) is 9.47 Å². The van der Waals surface area contributed by atoms with Gasteiger partial charge in [0.25, 0.3) is 0 Å². The highest BCUT2D eigenvalue weighted by Crippen LogP contribution is 2.14. The first-order valence-electron chi connectivity index (χ1n) is 35.6. The quantitative estimate of drug-likeness (QED) is 0.0373. The van der Waals surface area contributed by atoms with Gasteiger partial charge in [-0.15, -0.1) is 0 Å². The van der Waals surface area contributed by atoms with Gasteiger partial charge in [-0.1, -0.05) is 321 Å². The zero-order valence-electron chi connectivity index (χ0n) is 57.0. The average molecular weight is 1230 g/mol. The van der Waals surface area contributed by atoms with Gasteiger partial charge in [-0.05, 0) is 167 Å².